The Kier molecular flexibility index (Phi) is 3.10. The van der Waals surface area contributed by atoms with Gasteiger partial charge in [-0.15, -0.1) is 0 Å². The van der Waals surface area contributed by atoms with Crippen molar-refractivity contribution in [2.45, 2.75) is 13.8 Å². The molecule has 3 aromatic rings. The van der Waals surface area contributed by atoms with Crippen LogP contribution in [0.3, 0.4) is 0 Å². The Hall–Kier alpha value is -0.601. The standard InChI is InChI=1S/C14H12S2Se/c1-9-5-7-15-13(9)11-3-4-12(17-11)14-10(2)6-8-16-14/h3-8H,1-2H3. The molecular weight excluding hydrogens is 311 g/mol. The molecule has 0 aliphatic rings. The van der Waals surface area contributed by atoms with Gasteiger partial charge in [0, 0.05) is 0 Å². The van der Waals surface area contributed by atoms with E-state index < -0.39 is 0 Å². The summed E-state index contributed by atoms with van der Waals surface area (Å²) < 4.78 is 3.07. The van der Waals surface area contributed by atoms with Gasteiger partial charge in [-0.25, -0.2) is 0 Å². The van der Waals surface area contributed by atoms with Gasteiger partial charge in [0.05, 0.1) is 0 Å². The molecule has 0 aromatic carbocycles. The van der Waals surface area contributed by atoms with Crippen molar-refractivity contribution >= 4 is 37.2 Å². The molecule has 0 fully saturated rings. The number of thiophene rings is 2. The molecule has 0 nitrogen and oxygen atoms in total. The maximum atomic E-state index is 2.31. The van der Waals surface area contributed by atoms with Crippen LogP contribution in [0.15, 0.2) is 35.0 Å². The molecule has 3 heteroatoms. The van der Waals surface area contributed by atoms with E-state index >= 15 is 0 Å². The zero-order valence-electron chi connectivity index (χ0n) is 9.69. The van der Waals surface area contributed by atoms with Gasteiger partial charge >= 0.3 is 116 Å². The summed E-state index contributed by atoms with van der Waals surface area (Å²) in [5.41, 5.74) is 2.83. The van der Waals surface area contributed by atoms with Crippen LogP contribution >= 0.6 is 22.7 Å². The van der Waals surface area contributed by atoms with Crippen LogP contribution in [0.4, 0.5) is 0 Å². The monoisotopic (exact) mass is 324 g/mol. The van der Waals surface area contributed by atoms with Crippen LogP contribution in [-0.2, 0) is 0 Å². The van der Waals surface area contributed by atoms with Gasteiger partial charge in [0.25, 0.3) is 0 Å². The van der Waals surface area contributed by atoms with Crippen molar-refractivity contribution in [3.05, 3.63) is 46.2 Å². The van der Waals surface area contributed by atoms with E-state index in [-0.39, 0.29) is 0 Å². The molecule has 3 rings (SSSR count). The molecule has 0 saturated heterocycles. The number of hydrogen-bond acceptors (Lipinski definition) is 2. The normalized spacial score (nSPS) is 10.9. The molecule has 0 bridgehead atoms. The van der Waals surface area contributed by atoms with E-state index in [2.05, 4.69) is 48.9 Å². The Morgan fingerprint density at radius 2 is 1.24 bits per heavy atom. The average Bonchev–Trinajstić information content (AvgIpc) is 2.97. The fourth-order valence-electron chi connectivity index (χ4n) is 1.83. The second-order valence-corrected chi connectivity index (χ2v) is 8.14. The maximum absolute atomic E-state index is 2.31. The summed E-state index contributed by atoms with van der Waals surface area (Å²) in [6.07, 6.45) is 0. The molecule has 0 spiro atoms. The minimum atomic E-state index is 0.477. The molecule has 0 saturated carbocycles. The molecule has 3 heterocycles. The van der Waals surface area contributed by atoms with Gasteiger partial charge in [-0.1, -0.05) is 0 Å². The first-order valence-corrected chi connectivity index (χ1v) is 8.91. The SMILES string of the molecule is Cc1ccsc1-c1ccc(-c2sccc2C)[se]1. The third-order valence-corrected chi connectivity index (χ3v) is 7.81. The first-order valence-electron chi connectivity index (χ1n) is 5.44. The van der Waals surface area contributed by atoms with E-state index in [1.165, 1.54) is 29.8 Å². The quantitative estimate of drug-likeness (QED) is 0.593. The second kappa shape index (κ2) is 4.58. The number of aryl methyl sites for hydroxylation is 2. The zero-order valence-corrected chi connectivity index (χ0v) is 13.0. The number of hydrogen-bond donors (Lipinski definition) is 0. The fourth-order valence-corrected chi connectivity index (χ4v) is 6.70. The van der Waals surface area contributed by atoms with Crippen LogP contribution in [0.2, 0.25) is 0 Å². The van der Waals surface area contributed by atoms with Crippen LogP contribution in [0, 0.1) is 13.8 Å². The zero-order chi connectivity index (χ0) is 11.8. The second-order valence-electron chi connectivity index (χ2n) is 4.03. The summed E-state index contributed by atoms with van der Waals surface area (Å²) in [6, 6.07) is 9.05. The van der Waals surface area contributed by atoms with E-state index in [1.807, 2.05) is 22.7 Å². The molecule has 17 heavy (non-hydrogen) atoms. The summed E-state index contributed by atoms with van der Waals surface area (Å²) in [6.45, 7) is 4.41. The third kappa shape index (κ3) is 2.09. The van der Waals surface area contributed by atoms with Gasteiger partial charge in [0.15, 0.2) is 0 Å². The van der Waals surface area contributed by atoms with Crippen LogP contribution in [0.25, 0.3) is 18.6 Å². The minimum absolute atomic E-state index is 0.477. The van der Waals surface area contributed by atoms with Gasteiger partial charge in [0.2, 0.25) is 0 Å². The van der Waals surface area contributed by atoms with Gasteiger partial charge in [0.1, 0.15) is 0 Å². The molecule has 3 aromatic heterocycles. The van der Waals surface area contributed by atoms with E-state index in [9.17, 15) is 0 Å². The first kappa shape index (κ1) is 11.5. The summed E-state index contributed by atoms with van der Waals surface area (Å²) in [5.74, 6) is 0. The Morgan fingerprint density at radius 3 is 1.59 bits per heavy atom. The molecule has 0 atom stereocenters. The topological polar surface area (TPSA) is 0 Å². The van der Waals surface area contributed by atoms with Crippen LogP contribution < -0.4 is 0 Å². The predicted molar refractivity (Wildman–Crippen MR) is 79.5 cm³/mol. The molecular formula is C14H12S2Se. The Bertz CT molecular complexity index is 588. The Labute approximate surface area is 115 Å². The van der Waals surface area contributed by atoms with Crippen molar-refractivity contribution in [2.24, 2.45) is 0 Å². The third-order valence-electron chi connectivity index (χ3n) is 2.78. The molecule has 0 amide bonds. The van der Waals surface area contributed by atoms with Gasteiger partial charge < -0.3 is 0 Å². The first-order chi connectivity index (χ1) is 8.25. The summed E-state index contributed by atoms with van der Waals surface area (Å²) in [5, 5.41) is 4.38. The van der Waals surface area contributed by atoms with Gasteiger partial charge in [-0.05, 0) is 0 Å². The van der Waals surface area contributed by atoms with Crippen molar-refractivity contribution in [3.8, 4) is 18.6 Å². The van der Waals surface area contributed by atoms with Gasteiger partial charge in [-0.3, -0.25) is 0 Å². The van der Waals surface area contributed by atoms with Crippen molar-refractivity contribution in [1.29, 1.82) is 0 Å². The van der Waals surface area contributed by atoms with E-state index in [1.54, 1.807) is 0 Å². The molecule has 0 aliphatic heterocycles. The molecule has 0 N–H and O–H groups in total. The summed E-state index contributed by atoms with van der Waals surface area (Å²) >= 11 is 4.21. The fraction of sp³-hybridized carbons (Fsp3) is 0.143. The van der Waals surface area contributed by atoms with E-state index in [4.69, 9.17) is 0 Å². The van der Waals surface area contributed by atoms with Crippen LogP contribution in [0.1, 0.15) is 11.1 Å². The number of rotatable bonds is 2. The van der Waals surface area contributed by atoms with Gasteiger partial charge in [-0.2, -0.15) is 0 Å². The van der Waals surface area contributed by atoms with Crippen LogP contribution in [0.5, 0.6) is 0 Å². The van der Waals surface area contributed by atoms with E-state index in [0.29, 0.717) is 14.5 Å². The van der Waals surface area contributed by atoms with E-state index in [0.717, 1.165) is 0 Å². The van der Waals surface area contributed by atoms with Crippen molar-refractivity contribution in [1.82, 2.24) is 0 Å². The van der Waals surface area contributed by atoms with Crippen molar-refractivity contribution < 1.29 is 0 Å². The molecule has 0 unspecified atom stereocenters. The molecule has 0 radical (unpaired) electrons. The summed E-state index contributed by atoms with van der Waals surface area (Å²) in [7, 11) is 0. The summed E-state index contributed by atoms with van der Waals surface area (Å²) in [4.78, 5) is 2.95. The average molecular weight is 323 g/mol. The Balaban J connectivity index is 2.05. The molecule has 0 aliphatic carbocycles. The molecule has 86 valence electrons. The Morgan fingerprint density at radius 1 is 0.765 bits per heavy atom. The van der Waals surface area contributed by atoms with Crippen LogP contribution in [-0.4, -0.2) is 14.5 Å². The van der Waals surface area contributed by atoms with Crippen molar-refractivity contribution in [3.63, 3.8) is 0 Å². The predicted octanol–water partition coefficient (Wildman–Crippen LogP) is 4.82. The van der Waals surface area contributed by atoms with Crippen molar-refractivity contribution in [2.75, 3.05) is 0 Å².